The number of hydrogen-bond donors (Lipinski definition) is 0. The van der Waals surface area contributed by atoms with Crippen LogP contribution in [0.3, 0.4) is 0 Å². The number of ether oxygens (including phenoxy) is 1. The third kappa shape index (κ3) is 3.17. The molecule has 4 heteroatoms. The largest absolute Gasteiger partial charge is 0.483 e. The van der Waals surface area contributed by atoms with E-state index in [1.165, 1.54) is 5.56 Å². The van der Waals surface area contributed by atoms with E-state index >= 15 is 0 Å². The number of aromatic nitrogens is 2. The zero-order chi connectivity index (χ0) is 15.5. The van der Waals surface area contributed by atoms with Gasteiger partial charge in [0.05, 0.1) is 0 Å². The number of hydrogen-bond acceptors (Lipinski definition) is 4. The molecule has 22 heavy (non-hydrogen) atoms. The van der Waals surface area contributed by atoms with Gasteiger partial charge in [-0.1, -0.05) is 47.1 Å². The molecule has 0 saturated heterocycles. The maximum atomic E-state index is 5.78. The molecule has 3 rings (SSSR count). The van der Waals surface area contributed by atoms with Crippen LogP contribution < -0.4 is 4.74 Å². The van der Waals surface area contributed by atoms with Gasteiger partial charge in [0.2, 0.25) is 5.82 Å². The Labute approximate surface area is 129 Å². The summed E-state index contributed by atoms with van der Waals surface area (Å²) in [7, 11) is 0. The second kappa shape index (κ2) is 6.02. The summed E-state index contributed by atoms with van der Waals surface area (Å²) in [4.78, 5) is 4.37. The highest BCUT2D eigenvalue weighted by molar-refractivity contribution is 5.54. The fraction of sp³-hybridized carbons (Fsp3) is 0.222. The second-order valence-corrected chi connectivity index (χ2v) is 5.44. The van der Waals surface area contributed by atoms with Crippen molar-refractivity contribution in [2.24, 2.45) is 0 Å². The van der Waals surface area contributed by atoms with Gasteiger partial charge in [-0.2, -0.15) is 4.98 Å². The highest BCUT2D eigenvalue weighted by Crippen LogP contribution is 2.21. The van der Waals surface area contributed by atoms with E-state index in [0.717, 1.165) is 22.4 Å². The Morgan fingerprint density at radius 3 is 2.45 bits per heavy atom. The molecule has 0 radical (unpaired) electrons. The molecule has 0 bridgehead atoms. The van der Waals surface area contributed by atoms with Crippen LogP contribution in [0.4, 0.5) is 0 Å². The summed E-state index contributed by atoms with van der Waals surface area (Å²) in [6.07, 6.45) is 0. The van der Waals surface area contributed by atoms with E-state index in [2.05, 4.69) is 16.2 Å². The van der Waals surface area contributed by atoms with Gasteiger partial charge in [0.1, 0.15) is 5.75 Å². The fourth-order valence-corrected chi connectivity index (χ4v) is 2.14. The highest BCUT2D eigenvalue weighted by Gasteiger charge is 2.10. The summed E-state index contributed by atoms with van der Waals surface area (Å²) in [6.45, 7) is 6.36. The SMILES string of the molecule is Cc1ccc(-c2noc(COc3cc(C)ccc3C)n2)cc1. The van der Waals surface area contributed by atoms with Crippen LogP contribution in [0.2, 0.25) is 0 Å². The van der Waals surface area contributed by atoms with Crippen LogP contribution in [-0.4, -0.2) is 10.1 Å². The third-order valence-electron chi connectivity index (χ3n) is 3.47. The molecule has 1 aromatic heterocycles. The van der Waals surface area contributed by atoms with Gasteiger partial charge in [0, 0.05) is 5.56 Å². The Morgan fingerprint density at radius 1 is 0.955 bits per heavy atom. The molecule has 0 aliphatic heterocycles. The topological polar surface area (TPSA) is 48.2 Å². The summed E-state index contributed by atoms with van der Waals surface area (Å²) >= 11 is 0. The first-order valence-electron chi connectivity index (χ1n) is 7.21. The monoisotopic (exact) mass is 294 g/mol. The lowest BCUT2D eigenvalue weighted by Crippen LogP contribution is -1.97. The Hall–Kier alpha value is -2.62. The van der Waals surface area contributed by atoms with Crippen LogP contribution in [0.5, 0.6) is 5.75 Å². The minimum Gasteiger partial charge on any atom is -0.483 e. The lowest BCUT2D eigenvalue weighted by molar-refractivity contribution is 0.241. The minimum atomic E-state index is 0.267. The molecule has 4 nitrogen and oxygen atoms in total. The molecule has 0 unspecified atom stereocenters. The standard InChI is InChI=1S/C18H18N2O2/c1-12-5-8-15(9-6-12)18-19-17(22-20-18)11-21-16-10-13(2)4-7-14(16)3/h4-10H,11H2,1-3H3. The van der Waals surface area contributed by atoms with Gasteiger partial charge in [0.25, 0.3) is 5.89 Å². The van der Waals surface area contributed by atoms with Crippen LogP contribution in [0.1, 0.15) is 22.6 Å². The van der Waals surface area contributed by atoms with E-state index in [1.54, 1.807) is 0 Å². The Morgan fingerprint density at radius 2 is 1.68 bits per heavy atom. The molecule has 0 aliphatic rings. The number of rotatable bonds is 4. The predicted molar refractivity (Wildman–Crippen MR) is 84.7 cm³/mol. The molecule has 112 valence electrons. The Balaban J connectivity index is 1.72. The van der Waals surface area contributed by atoms with Gasteiger partial charge < -0.3 is 9.26 Å². The van der Waals surface area contributed by atoms with Gasteiger partial charge in [-0.15, -0.1) is 0 Å². The first-order valence-corrected chi connectivity index (χ1v) is 7.21. The van der Waals surface area contributed by atoms with Crippen molar-refractivity contribution in [1.29, 1.82) is 0 Å². The van der Waals surface area contributed by atoms with E-state index < -0.39 is 0 Å². The van der Waals surface area contributed by atoms with E-state index in [-0.39, 0.29) is 6.61 Å². The fourth-order valence-electron chi connectivity index (χ4n) is 2.14. The summed E-state index contributed by atoms with van der Waals surface area (Å²) in [5.74, 6) is 1.89. The van der Waals surface area contributed by atoms with Crippen LogP contribution in [0.15, 0.2) is 47.0 Å². The summed E-state index contributed by atoms with van der Waals surface area (Å²) in [5, 5.41) is 4.00. The number of nitrogens with zero attached hydrogens (tertiary/aromatic N) is 2. The van der Waals surface area contributed by atoms with Crippen LogP contribution in [0.25, 0.3) is 11.4 Å². The normalized spacial score (nSPS) is 10.7. The van der Waals surface area contributed by atoms with Gasteiger partial charge >= 0.3 is 0 Å². The maximum Gasteiger partial charge on any atom is 0.264 e. The van der Waals surface area contributed by atoms with Crippen LogP contribution in [-0.2, 0) is 6.61 Å². The van der Waals surface area contributed by atoms with Crippen molar-refractivity contribution < 1.29 is 9.26 Å². The molecule has 0 fully saturated rings. The van der Waals surface area contributed by atoms with Gasteiger partial charge in [-0.25, -0.2) is 0 Å². The molecule has 0 spiro atoms. The summed E-state index contributed by atoms with van der Waals surface area (Å²) in [5.41, 5.74) is 4.38. The van der Waals surface area contributed by atoms with Crippen molar-refractivity contribution in [3.63, 3.8) is 0 Å². The van der Waals surface area contributed by atoms with Gasteiger partial charge in [-0.3, -0.25) is 0 Å². The zero-order valence-corrected chi connectivity index (χ0v) is 13.0. The van der Waals surface area contributed by atoms with E-state index in [1.807, 2.05) is 57.2 Å². The molecule has 0 N–H and O–H groups in total. The van der Waals surface area contributed by atoms with E-state index in [9.17, 15) is 0 Å². The lowest BCUT2D eigenvalue weighted by Gasteiger charge is -2.07. The van der Waals surface area contributed by atoms with Crippen molar-refractivity contribution in [3.05, 3.63) is 65.0 Å². The van der Waals surface area contributed by atoms with Crippen molar-refractivity contribution in [3.8, 4) is 17.1 Å². The summed E-state index contributed by atoms with van der Waals surface area (Å²) < 4.78 is 11.0. The lowest BCUT2D eigenvalue weighted by atomic mass is 10.1. The van der Waals surface area contributed by atoms with Crippen LogP contribution in [0, 0.1) is 20.8 Å². The smallest absolute Gasteiger partial charge is 0.264 e. The minimum absolute atomic E-state index is 0.267. The number of aryl methyl sites for hydroxylation is 3. The molecular weight excluding hydrogens is 276 g/mol. The quantitative estimate of drug-likeness (QED) is 0.722. The molecule has 1 heterocycles. The highest BCUT2D eigenvalue weighted by atomic mass is 16.5. The van der Waals surface area contributed by atoms with Gasteiger partial charge in [0.15, 0.2) is 6.61 Å². The predicted octanol–water partition coefficient (Wildman–Crippen LogP) is 4.24. The molecule has 0 amide bonds. The molecule has 0 aliphatic carbocycles. The molecule has 3 aromatic rings. The molecule has 2 aromatic carbocycles. The summed E-state index contributed by atoms with van der Waals surface area (Å²) in [6, 6.07) is 14.1. The maximum absolute atomic E-state index is 5.78. The van der Waals surface area contributed by atoms with E-state index in [4.69, 9.17) is 9.26 Å². The average Bonchev–Trinajstić information content (AvgIpc) is 2.98. The van der Waals surface area contributed by atoms with Crippen molar-refractivity contribution >= 4 is 0 Å². The second-order valence-electron chi connectivity index (χ2n) is 5.44. The van der Waals surface area contributed by atoms with E-state index in [0.29, 0.717) is 11.7 Å². The third-order valence-corrected chi connectivity index (χ3v) is 3.47. The average molecular weight is 294 g/mol. The first kappa shape index (κ1) is 14.3. The van der Waals surface area contributed by atoms with Crippen molar-refractivity contribution in [1.82, 2.24) is 10.1 Å². The zero-order valence-electron chi connectivity index (χ0n) is 13.0. The molecule has 0 atom stereocenters. The van der Waals surface area contributed by atoms with Crippen LogP contribution >= 0.6 is 0 Å². The molecule has 0 saturated carbocycles. The van der Waals surface area contributed by atoms with Crippen molar-refractivity contribution in [2.75, 3.05) is 0 Å². The Kier molecular flexibility index (Phi) is 3.92. The van der Waals surface area contributed by atoms with Crippen molar-refractivity contribution in [2.45, 2.75) is 27.4 Å². The molecular formula is C18H18N2O2. The first-order chi connectivity index (χ1) is 10.6. The Bertz CT molecular complexity index is 776. The van der Waals surface area contributed by atoms with Gasteiger partial charge in [-0.05, 0) is 38.0 Å². The number of benzene rings is 2.